The fourth-order valence-corrected chi connectivity index (χ4v) is 2.29. The Morgan fingerprint density at radius 2 is 1.88 bits per heavy atom. The van der Waals surface area contributed by atoms with Gasteiger partial charge < -0.3 is 15.5 Å². The number of anilines is 1. The van der Waals surface area contributed by atoms with Crippen LogP contribution in [0.3, 0.4) is 0 Å². The Morgan fingerprint density at radius 1 is 1.12 bits per heavy atom. The molecule has 0 radical (unpaired) electrons. The van der Waals surface area contributed by atoms with Gasteiger partial charge in [-0.25, -0.2) is 14.4 Å². The van der Waals surface area contributed by atoms with Gasteiger partial charge in [-0.1, -0.05) is 12.1 Å². The maximum absolute atomic E-state index is 12.9. The summed E-state index contributed by atoms with van der Waals surface area (Å²) in [6, 6.07) is 10.6. The third-order valence-corrected chi connectivity index (χ3v) is 3.65. The number of guanidine groups is 1. The van der Waals surface area contributed by atoms with E-state index in [-0.39, 0.29) is 5.82 Å². The standard InChI is InChI=1S/C19H26FN5/c1-4-21-19(23-12-9-15-5-7-17(20)8-6-15)24-14-16-10-11-22-18(13-16)25(2)3/h5-8,10-11,13H,4,9,12,14H2,1-3H3,(H2,21,23,24). The molecule has 0 fully saturated rings. The second-order valence-electron chi connectivity index (χ2n) is 5.92. The van der Waals surface area contributed by atoms with Crippen molar-refractivity contribution in [2.24, 2.45) is 4.99 Å². The molecule has 0 spiro atoms. The minimum atomic E-state index is -0.207. The highest BCUT2D eigenvalue weighted by Crippen LogP contribution is 2.10. The van der Waals surface area contributed by atoms with E-state index in [1.807, 2.05) is 38.1 Å². The molecule has 0 saturated carbocycles. The molecule has 134 valence electrons. The Bertz CT molecular complexity index is 682. The van der Waals surface area contributed by atoms with Crippen LogP contribution in [0.25, 0.3) is 0 Å². The van der Waals surface area contributed by atoms with E-state index < -0.39 is 0 Å². The first-order chi connectivity index (χ1) is 12.1. The Kier molecular flexibility index (Phi) is 7.19. The first kappa shape index (κ1) is 18.7. The highest BCUT2D eigenvalue weighted by atomic mass is 19.1. The smallest absolute Gasteiger partial charge is 0.191 e. The van der Waals surface area contributed by atoms with Crippen LogP contribution < -0.4 is 15.5 Å². The summed E-state index contributed by atoms with van der Waals surface area (Å²) < 4.78 is 12.9. The normalized spacial score (nSPS) is 11.3. The molecule has 0 bridgehead atoms. The molecule has 0 aliphatic rings. The first-order valence-corrected chi connectivity index (χ1v) is 8.47. The van der Waals surface area contributed by atoms with Crippen LogP contribution in [-0.4, -0.2) is 38.1 Å². The lowest BCUT2D eigenvalue weighted by Crippen LogP contribution is -2.38. The number of aliphatic imine (C=N–C) groups is 1. The Morgan fingerprint density at radius 3 is 2.56 bits per heavy atom. The molecule has 2 rings (SSSR count). The molecule has 0 amide bonds. The highest BCUT2D eigenvalue weighted by Gasteiger charge is 2.01. The van der Waals surface area contributed by atoms with Gasteiger partial charge in [-0.05, 0) is 48.7 Å². The molecule has 0 unspecified atom stereocenters. The van der Waals surface area contributed by atoms with Gasteiger partial charge in [0.2, 0.25) is 0 Å². The van der Waals surface area contributed by atoms with E-state index in [0.29, 0.717) is 6.54 Å². The van der Waals surface area contributed by atoms with Gasteiger partial charge in [-0.15, -0.1) is 0 Å². The number of rotatable bonds is 7. The summed E-state index contributed by atoms with van der Waals surface area (Å²) >= 11 is 0. The van der Waals surface area contributed by atoms with E-state index in [1.54, 1.807) is 18.3 Å². The number of benzene rings is 1. The van der Waals surface area contributed by atoms with Gasteiger partial charge in [0.25, 0.3) is 0 Å². The van der Waals surface area contributed by atoms with Gasteiger partial charge >= 0.3 is 0 Å². The maximum Gasteiger partial charge on any atom is 0.191 e. The summed E-state index contributed by atoms with van der Waals surface area (Å²) in [6.45, 7) is 4.14. The van der Waals surface area contributed by atoms with Crippen molar-refractivity contribution in [3.63, 3.8) is 0 Å². The summed E-state index contributed by atoms with van der Waals surface area (Å²) in [5.74, 6) is 1.48. The zero-order chi connectivity index (χ0) is 18.1. The number of halogens is 1. The van der Waals surface area contributed by atoms with Crippen molar-refractivity contribution in [1.82, 2.24) is 15.6 Å². The van der Waals surface area contributed by atoms with E-state index in [2.05, 4.69) is 20.6 Å². The Labute approximate surface area is 149 Å². The molecule has 0 saturated heterocycles. The summed E-state index contributed by atoms with van der Waals surface area (Å²) in [7, 11) is 3.94. The lowest BCUT2D eigenvalue weighted by Gasteiger charge is -2.13. The molecule has 5 nitrogen and oxygen atoms in total. The van der Waals surface area contributed by atoms with Gasteiger partial charge in [-0.3, -0.25) is 0 Å². The topological polar surface area (TPSA) is 52.6 Å². The van der Waals surface area contributed by atoms with E-state index in [9.17, 15) is 4.39 Å². The van der Waals surface area contributed by atoms with Crippen molar-refractivity contribution < 1.29 is 4.39 Å². The number of hydrogen-bond donors (Lipinski definition) is 2. The fourth-order valence-electron chi connectivity index (χ4n) is 2.29. The number of pyridine rings is 1. The molecule has 0 aliphatic carbocycles. The second-order valence-corrected chi connectivity index (χ2v) is 5.92. The predicted molar refractivity (Wildman–Crippen MR) is 101 cm³/mol. The van der Waals surface area contributed by atoms with E-state index in [1.165, 1.54) is 12.1 Å². The van der Waals surface area contributed by atoms with Crippen LogP contribution in [0.2, 0.25) is 0 Å². The SMILES string of the molecule is CCNC(=NCc1ccnc(N(C)C)c1)NCCc1ccc(F)cc1. The van der Waals surface area contributed by atoms with E-state index in [4.69, 9.17) is 0 Å². The quantitative estimate of drug-likeness (QED) is 0.599. The molecular formula is C19H26FN5. The average molecular weight is 343 g/mol. The lowest BCUT2D eigenvalue weighted by atomic mass is 10.1. The van der Waals surface area contributed by atoms with Crippen molar-refractivity contribution >= 4 is 11.8 Å². The number of hydrogen-bond acceptors (Lipinski definition) is 3. The highest BCUT2D eigenvalue weighted by molar-refractivity contribution is 5.79. The van der Waals surface area contributed by atoms with Crippen LogP contribution in [-0.2, 0) is 13.0 Å². The van der Waals surface area contributed by atoms with Crippen molar-refractivity contribution in [3.05, 3.63) is 59.5 Å². The molecule has 6 heteroatoms. The molecule has 2 aromatic rings. The molecular weight excluding hydrogens is 317 g/mol. The zero-order valence-electron chi connectivity index (χ0n) is 15.1. The molecule has 0 aliphatic heterocycles. The van der Waals surface area contributed by atoms with Gasteiger partial charge in [0, 0.05) is 33.4 Å². The van der Waals surface area contributed by atoms with Crippen LogP contribution in [0, 0.1) is 5.82 Å². The minimum absolute atomic E-state index is 0.207. The lowest BCUT2D eigenvalue weighted by molar-refractivity contribution is 0.626. The Hall–Kier alpha value is -2.63. The monoisotopic (exact) mass is 343 g/mol. The van der Waals surface area contributed by atoms with E-state index in [0.717, 1.165) is 42.4 Å². The van der Waals surface area contributed by atoms with Crippen LogP contribution in [0.4, 0.5) is 10.2 Å². The molecule has 1 heterocycles. The summed E-state index contributed by atoms with van der Waals surface area (Å²) in [5, 5.41) is 6.55. The van der Waals surface area contributed by atoms with E-state index >= 15 is 0 Å². The number of nitrogens with one attached hydrogen (secondary N) is 2. The summed E-state index contributed by atoms with van der Waals surface area (Å²) in [6.07, 6.45) is 2.61. The zero-order valence-corrected chi connectivity index (χ0v) is 15.1. The van der Waals surface area contributed by atoms with Gasteiger partial charge in [0.1, 0.15) is 11.6 Å². The van der Waals surface area contributed by atoms with Crippen molar-refractivity contribution in [3.8, 4) is 0 Å². The minimum Gasteiger partial charge on any atom is -0.363 e. The molecule has 2 N–H and O–H groups in total. The third-order valence-electron chi connectivity index (χ3n) is 3.65. The first-order valence-electron chi connectivity index (χ1n) is 8.47. The van der Waals surface area contributed by atoms with Crippen LogP contribution in [0.1, 0.15) is 18.1 Å². The second kappa shape index (κ2) is 9.61. The molecule has 1 aromatic carbocycles. The molecule has 25 heavy (non-hydrogen) atoms. The van der Waals surface area contributed by atoms with Crippen LogP contribution in [0.15, 0.2) is 47.6 Å². The molecule has 1 aromatic heterocycles. The van der Waals surface area contributed by atoms with Gasteiger partial charge in [0.15, 0.2) is 5.96 Å². The van der Waals surface area contributed by atoms with Crippen molar-refractivity contribution in [2.45, 2.75) is 19.9 Å². The third kappa shape index (κ3) is 6.41. The van der Waals surface area contributed by atoms with Crippen LogP contribution >= 0.6 is 0 Å². The number of aromatic nitrogens is 1. The largest absolute Gasteiger partial charge is 0.363 e. The van der Waals surface area contributed by atoms with Crippen molar-refractivity contribution in [1.29, 1.82) is 0 Å². The molecule has 0 atom stereocenters. The van der Waals surface area contributed by atoms with Crippen LogP contribution in [0.5, 0.6) is 0 Å². The summed E-state index contributed by atoms with van der Waals surface area (Å²) in [4.78, 5) is 10.9. The van der Waals surface area contributed by atoms with Gasteiger partial charge in [0.05, 0.1) is 6.54 Å². The fraction of sp³-hybridized carbons (Fsp3) is 0.368. The maximum atomic E-state index is 12.9. The summed E-state index contributed by atoms with van der Waals surface area (Å²) in [5.41, 5.74) is 2.20. The predicted octanol–water partition coefficient (Wildman–Crippen LogP) is 2.58. The Balaban J connectivity index is 1.91. The average Bonchev–Trinajstić information content (AvgIpc) is 2.61. The van der Waals surface area contributed by atoms with Crippen molar-refractivity contribution in [2.75, 3.05) is 32.1 Å². The number of nitrogens with zero attached hydrogens (tertiary/aromatic N) is 3. The van der Waals surface area contributed by atoms with Gasteiger partial charge in [-0.2, -0.15) is 0 Å².